The van der Waals surface area contributed by atoms with Gasteiger partial charge in [0.2, 0.25) is 5.69 Å². The summed E-state index contributed by atoms with van der Waals surface area (Å²) in [7, 11) is -12.9. The van der Waals surface area contributed by atoms with Gasteiger partial charge in [-0.3, -0.25) is 13.7 Å². The van der Waals surface area contributed by atoms with Crippen LogP contribution < -0.4 is 9.64 Å². The molecule has 0 spiro atoms. The molecule has 0 bridgehead atoms. The van der Waals surface area contributed by atoms with Crippen molar-refractivity contribution in [3.05, 3.63) is 125 Å². The molecular formula is C46H57N2O10S3+. The Bertz CT molecular complexity index is 2660. The number of benzene rings is 3. The van der Waals surface area contributed by atoms with Crippen molar-refractivity contribution in [2.24, 2.45) is 0 Å². The van der Waals surface area contributed by atoms with Gasteiger partial charge in [-0.2, -0.15) is 29.8 Å². The van der Waals surface area contributed by atoms with Crippen molar-refractivity contribution < 1.29 is 48.2 Å². The quantitative estimate of drug-likeness (QED) is 0.0668. The van der Waals surface area contributed by atoms with Crippen LogP contribution in [-0.4, -0.2) is 68.0 Å². The Kier molecular flexibility index (Phi) is 13.7. The molecule has 0 amide bonds. The van der Waals surface area contributed by atoms with E-state index in [1.165, 1.54) is 30.3 Å². The molecular weight excluding hydrogens is 837 g/mol. The minimum absolute atomic E-state index is 0.157. The third kappa shape index (κ3) is 10.5. The molecule has 0 atom stereocenters. The van der Waals surface area contributed by atoms with Gasteiger partial charge >= 0.3 is 0 Å². The fraction of sp³-hybridized carbons (Fsp3) is 0.413. The standard InChI is InChI=1S/C46H56N2O10S3/c1-6-7-8-11-29-48-41-26-25-37(61(55,56)57)32-39(41)46(4,5)43(48)28-20-34-16-14-15-33(44(34)58-35-21-23-36(24-22-35)60(52,53)54)19-27-42-45(2,3)38-17-9-10-18-40(38)47(42)30-12-13-31-59(49,50)51/h9-10,17-28,32H,6-8,11-16,29-31H2,1-5H3,(H2-,49,50,51,52,53,54,55,56,57)/p+1. The van der Waals surface area contributed by atoms with Crippen LogP contribution in [0.15, 0.2) is 123 Å². The molecule has 0 aromatic heterocycles. The van der Waals surface area contributed by atoms with Crippen molar-refractivity contribution in [2.75, 3.05) is 23.7 Å². The molecule has 61 heavy (non-hydrogen) atoms. The number of fused-ring (bicyclic) bond motifs is 2. The van der Waals surface area contributed by atoms with Crippen molar-refractivity contribution in [1.82, 2.24) is 0 Å². The first kappa shape index (κ1) is 46.1. The van der Waals surface area contributed by atoms with Crippen LogP contribution in [0.1, 0.15) is 104 Å². The number of hydrogen-bond acceptors (Lipinski definition) is 8. The average Bonchev–Trinajstić information content (AvgIpc) is 3.53. The molecule has 0 saturated heterocycles. The summed E-state index contributed by atoms with van der Waals surface area (Å²) in [5.74, 6) is 0.663. The zero-order valence-corrected chi connectivity index (χ0v) is 37.9. The number of rotatable bonds is 17. The lowest BCUT2D eigenvalue weighted by molar-refractivity contribution is -0.438. The monoisotopic (exact) mass is 893 g/mol. The van der Waals surface area contributed by atoms with Crippen LogP contribution in [0, 0.1) is 0 Å². The molecule has 12 nitrogen and oxygen atoms in total. The molecule has 3 aromatic rings. The first-order valence-corrected chi connectivity index (χ1v) is 25.3. The summed E-state index contributed by atoms with van der Waals surface area (Å²) in [5, 5.41) is 0. The normalized spacial score (nSPS) is 19.0. The molecule has 3 N–H and O–H groups in total. The lowest BCUT2D eigenvalue weighted by atomic mass is 9.81. The number of hydrogen-bond donors (Lipinski definition) is 3. The van der Waals surface area contributed by atoms with Gasteiger partial charge in [0.15, 0.2) is 5.71 Å². The third-order valence-electron chi connectivity index (χ3n) is 11.9. The molecule has 328 valence electrons. The number of allylic oxidation sites excluding steroid dienone is 7. The van der Waals surface area contributed by atoms with Gasteiger partial charge in [-0.15, -0.1) is 0 Å². The maximum atomic E-state index is 12.2. The fourth-order valence-corrected chi connectivity index (χ4v) is 10.3. The van der Waals surface area contributed by atoms with E-state index >= 15 is 0 Å². The summed E-state index contributed by atoms with van der Waals surface area (Å²) in [6.07, 6.45) is 15.4. The fourth-order valence-electron chi connectivity index (χ4n) is 8.70. The highest BCUT2D eigenvalue weighted by Crippen LogP contribution is 2.49. The predicted octanol–water partition coefficient (Wildman–Crippen LogP) is 9.49. The van der Waals surface area contributed by atoms with Gasteiger partial charge in [-0.05, 0) is 117 Å². The van der Waals surface area contributed by atoms with Crippen molar-refractivity contribution in [3.63, 3.8) is 0 Å². The smallest absolute Gasteiger partial charge is 0.294 e. The van der Waals surface area contributed by atoms with Crippen LogP contribution in [0.3, 0.4) is 0 Å². The summed E-state index contributed by atoms with van der Waals surface area (Å²) in [4.78, 5) is 1.82. The maximum Gasteiger partial charge on any atom is 0.294 e. The van der Waals surface area contributed by atoms with Crippen LogP contribution in [0.2, 0.25) is 0 Å². The first-order chi connectivity index (χ1) is 28.6. The zero-order valence-electron chi connectivity index (χ0n) is 35.5. The van der Waals surface area contributed by atoms with Gasteiger partial charge in [-0.1, -0.05) is 64.3 Å². The molecule has 15 heteroatoms. The maximum absolute atomic E-state index is 12.2. The van der Waals surface area contributed by atoms with Crippen LogP contribution in [-0.2, 0) is 41.2 Å². The molecule has 0 fully saturated rings. The summed E-state index contributed by atoms with van der Waals surface area (Å²) in [6, 6.07) is 18.5. The summed E-state index contributed by atoms with van der Waals surface area (Å²) < 4.78 is 109. The third-order valence-corrected chi connectivity index (χ3v) is 14.5. The topological polar surface area (TPSA) is 179 Å². The molecule has 0 saturated carbocycles. The SMILES string of the molecule is CCCCCCN1C(=CC=C2CCCC(C=CC3=[N+](CCCCS(=O)(=O)O)c4ccccc4C3(C)C)=C2Oc2ccc(S(=O)(=O)O)cc2)C(C)(C)c2cc(S(=O)(=O)O)ccc21. The largest absolute Gasteiger partial charge is 0.457 e. The van der Waals surface area contributed by atoms with Crippen molar-refractivity contribution in [3.8, 4) is 5.75 Å². The predicted molar refractivity (Wildman–Crippen MR) is 239 cm³/mol. The highest BCUT2D eigenvalue weighted by molar-refractivity contribution is 7.86. The van der Waals surface area contributed by atoms with E-state index in [1.807, 2.05) is 32.1 Å². The van der Waals surface area contributed by atoms with Crippen molar-refractivity contribution in [1.29, 1.82) is 0 Å². The Labute approximate surface area is 361 Å². The van der Waals surface area contributed by atoms with Crippen LogP contribution >= 0.6 is 0 Å². The van der Waals surface area contributed by atoms with Crippen LogP contribution in [0.5, 0.6) is 5.75 Å². The molecule has 1 aliphatic carbocycles. The lowest BCUT2D eigenvalue weighted by Gasteiger charge is -2.27. The van der Waals surface area contributed by atoms with E-state index in [9.17, 15) is 38.9 Å². The number of nitrogens with zero attached hydrogens (tertiary/aromatic N) is 2. The Balaban J connectivity index is 1.46. The van der Waals surface area contributed by atoms with E-state index in [1.54, 1.807) is 12.1 Å². The van der Waals surface area contributed by atoms with E-state index < -0.39 is 41.2 Å². The summed E-state index contributed by atoms with van der Waals surface area (Å²) >= 11 is 0. The molecule has 0 radical (unpaired) electrons. The minimum atomic E-state index is -4.43. The lowest BCUT2D eigenvalue weighted by Crippen LogP contribution is -2.28. The molecule has 6 rings (SSSR count). The van der Waals surface area contributed by atoms with Crippen molar-refractivity contribution >= 4 is 47.4 Å². The molecule has 0 unspecified atom stereocenters. The van der Waals surface area contributed by atoms with E-state index in [4.69, 9.17) is 4.74 Å². The minimum Gasteiger partial charge on any atom is -0.457 e. The molecule has 2 heterocycles. The van der Waals surface area contributed by atoms with Gasteiger partial charge < -0.3 is 9.64 Å². The van der Waals surface area contributed by atoms with Gasteiger partial charge in [-0.25, -0.2) is 0 Å². The van der Waals surface area contributed by atoms with Gasteiger partial charge in [0.05, 0.1) is 21.0 Å². The highest BCUT2D eigenvalue weighted by Gasteiger charge is 2.44. The molecule has 2 aliphatic heterocycles. The Morgan fingerprint density at radius 2 is 1.43 bits per heavy atom. The number of ether oxygens (including phenoxy) is 1. The number of anilines is 1. The van der Waals surface area contributed by atoms with E-state index in [-0.39, 0.29) is 15.5 Å². The van der Waals surface area contributed by atoms with Crippen LogP contribution in [0.4, 0.5) is 11.4 Å². The number of para-hydroxylation sites is 1. The molecule has 3 aromatic carbocycles. The highest BCUT2D eigenvalue weighted by atomic mass is 32.2. The Morgan fingerprint density at radius 3 is 2.10 bits per heavy atom. The zero-order chi connectivity index (χ0) is 44.4. The van der Waals surface area contributed by atoms with Gasteiger partial charge in [0.25, 0.3) is 30.4 Å². The average molecular weight is 894 g/mol. The second-order valence-electron chi connectivity index (χ2n) is 17.0. The summed E-state index contributed by atoms with van der Waals surface area (Å²) in [6.45, 7) is 11.8. The van der Waals surface area contributed by atoms with E-state index in [0.717, 1.165) is 77.2 Å². The summed E-state index contributed by atoms with van der Waals surface area (Å²) in [5.41, 5.74) is 6.59. The van der Waals surface area contributed by atoms with Crippen LogP contribution in [0.25, 0.3) is 0 Å². The van der Waals surface area contributed by atoms with Gasteiger partial charge in [0, 0.05) is 47.5 Å². The Morgan fingerprint density at radius 1 is 0.738 bits per heavy atom. The van der Waals surface area contributed by atoms with Gasteiger partial charge in [0.1, 0.15) is 18.1 Å². The first-order valence-electron chi connectivity index (χ1n) is 20.8. The second kappa shape index (κ2) is 18.1. The van der Waals surface area contributed by atoms with E-state index in [0.29, 0.717) is 50.3 Å². The second-order valence-corrected chi connectivity index (χ2v) is 21.4. The van der Waals surface area contributed by atoms with Crippen molar-refractivity contribution in [2.45, 2.75) is 113 Å². The number of unbranched alkanes of at least 4 members (excludes halogenated alkanes) is 4. The van der Waals surface area contributed by atoms with E-state index in [2.05, 4.69) is 60.6 Å². The molecule has 3 aliphatic rings. The Hall–Kier alpha value is -4.38.